The van der Waals surface area contributed by atoms with Crippen LogP contribution in [0.3, 0.4) is 0 Å². The summed E-state index contributed by atoms with van der Waals surface area (Å²) in [5.41, 5.74) is 0.621. The van der Waals surface area contributed by atoms with Crippen molar-refractivity contribution in [3.63, 3.8) is 0 Å². The van der Waals surface area contributed by atoms with Crippen LogP contribution in [0.15, 0.2) is 40.6 Å². The maximum absolute atomic E-state index is 12.8. The minimum atomic E-state index is -1.38. The molecule has 1 atom stereocenters. The standard InChI is InChI=1S/C22H26ClN3O6/c1-6-31-15-8-14(9-16(10-15)32-7-2)25-26-21(13(3)27)22(28)24-18-12-20(30-5)19(29-4)11-17(18)23/h8-12,21H,6-7H2,1-5H3,(H,24,28). The smallest absolute Gasteiger partial charge is 0.258 e. The normalized spacial score (nSPS) is 11.7. The first-order valence-corrected chi connectivity index (χ1v) is 10.2. The highest BCUT2D eigenvalue weighted by Crippen LogP contribution is 2.36. The molecule has 1 amide bonds. The molecule has 0 heterocycles. The minimum absolute atomic E-state index is 0.209. The molecule has 2 aromatic carbocycles. The Balaban J connectivity index is 2.28. The molecule has 0 aromatic heterocycles. The van der Waals surface area contributed by atoms with Crippen LogP contribution in [0, 0.1) is 0 Å². The Kier molecular flexibility index (Phi) is 9.27. The van der Waals surface area contributed by atoms with Crippen molar-refractivity contribution < 1.29 is 28.5 Å². The Morgan fingerprint density at radius 2 is 1.53 bits per heavy atom. The lowest BCUT2D eigenvalue weighted by Gasteiger charge is -2.14. The molecule has 1 N–H and O–H groups in total. The van der Waals surface area contributed by atoms with Crippen LogP contribution in [-0.4, -0.2) is 45.2 Å². The molecule has 1 unspecified atom stereocenters. The molecule has 0 radical (unpaired) electrons. The Bertz CT molecular complexity index is 972. The monoisotopic (exact) mass is 463 g/mol. The number of nitrogens with zero attached hydrogens (tertiary/aromatic N) is 2. The first-order chi connectivity index (χ1) is 15.3. The third-order valence-electron chi connectivity index (χ3n) is 4.14. The van der Waals surface area contributed by atoms with Crippen molar-refractivity contribution in [3.8, 4) is 23.0 Å². The second-order valence-corrected chi connectivity index (χ2v) is 6.84. The van der Waals surface area contributed by atoms with Gasteiger partial charge in [0.15, 0.2) is 17.3 Å². The van der Waals surface area contributed by atoms with Gasteiger partial charge < -0.3 is 24.3 Å². The van der Waals surface area contributed by atoms with Gasteiger partial charge in [0.25, 0.3) is 5.91 Å². The average Bonchev–Trinajstić information content (AvgIpc) is 2.75. The van der Waals surface area contributed by atoms with Crippen LogP contribution >= 0.6 is 11.6 Å². The van der Waals surface area contributed by atoms with Gasteiger partial charge >= 0.3 is 0 Å². The van der Waals surface area contributed by atoms with Crippen molar-refractivity contribution >= 4 is 34.7 Å². The third-order valence-corrected chi connectivity index (χ3v) is 4.45. The predicted molar refractivity (Wildman–Crippen MR) is 121 cm³/mol. The van der Waals surface area contributed by atoms with E-state index in [9.17, 15) is 9.59 Å². The summed E-state index contributed by atoms with van der Waals surface area (Å²) in [5, 5.41) is 10.8. The highest BCUT2D eigenvalue weighted by Gasteiger charge is 2.24. The van der Waals surface area contributed by atoms with Gasteiger partial charge in [-0.3, -0.25) is 9.59 Å². The number of methoxy groups -OCH3 is 2. The van der Waals surface area contributed by atoms with Crippen LogP contribution in [0.1, 0.15) is 20.8 Å². The number of carbonyl (C=O) groups excluding carboxylic acids is 2. The van der Waals surface area contributed by atoms with Crippen LogP contribution in [0.5, 0.6) is 23.0 Å². The first kappa shape index (κ1) is 24.9. The topological polar surface area (TPSA) is 108 Å². The Labute approximate surface area is 191 Å². The summed E-state index contributed by atoms with van der Waals surface area (Å²) < 4.78 is 21.4. The van der Waals surface area contributed by atoms with Crippen LogP contribution in [0.2, 0.25) is 5.02 Å². The van der Waals surface area contributed by atoms with E-state index in [0.29, 0.717) is 41.9 Å². The van der Waals surface area contributed by atoms with Gasteiger partial charge in [0.1, 0.15) is 11.5 Å². The molecule has 32 heavy (non-hydrogen) atoms. The van der Waals surface area contributed by atoms with E-state index in [2.05, 4.69) is 15.5 Å². The lowest BCUT2D eigenvalue weighted by molar-refractivity contribution is -0.126. The van der Waals surface area contributed by atoms with E-state index < -0.39 is 17.7 Å². The largest absolute Gasteiger partial charge is 0.494 e. The molecule has 0 fully saturated rings. The van der Waals surface area contributed by atoms with Gasteiger partial charge in [-0.1, -0.05) is 11.6 Å². The minimum Gasteiger partial charge on any atom is -0.494 e. The highest BCUT2D eigenvalue weighted by atomic mass is 35.5. The molecule has 0 saturated carbocycles. The summed E-state index contributed by atoms with van der Waals surface area (Å²) in [5.74, 6) is 0.652. The number of ether oxygens (including phenoxy) is 4. The summed E-state index contributed by atoms with van der Waals surface area (Å²) in [4.78, 5) is 24.9. The van der Waals surface area contributed by atoms with E-state index in [0.717, 1.165) is 0 Å². The number of azo groups is 1. The maximum atomic E-state index is 12.8. The highest BCUT2D eigenvalue weighted by molar-refractivity contribution is 6.34. The second-order valence-electron chi connectivity index (χ2n) is 6.43. The fourth-order valence-electron chi connectivity index (χ4n) is 2.71. The molecule has 9 nitrogen and oxygen atoms in total. The van der Waals surface area contributed by atoms with E-state index >= 15 is 0 Å². The molecular formula is C22H26ClN3O6. The Morgan fingerprint density at radius 1 is 0.969 bits per heavy atom. The molecule has 0 aliphatic carbocycles. The maximum Gasteiger partial charge on any atom is 0.258 e. The number of hydrogen-bond acceptors (Lipinski definition) is 8. The molecule has 0 bridgehead atoms. The van der Waals surface area contributed by atoms with Crippen molar-refractivity contribution in [1.82, 2.24) is 0 Å². The Hall–Kier alpha value is -3.33. The zero-order valence-corrected chi connectivity index (χ0v) is 19.4. The van der Waals surface area contributed by atoms with Gasteiger partial charge in [-0.05, 0) is 20.8 Å². The lowest BCUT2D eigenvalue weighted by atomic mass is 10.2. The first-order valence-electron chi connectivity index (χ1n) is 9.87. The number of carbonyl (C=O) groups is 2. The number of rotatable bonds is 11. The molecule has 2 aromatic rings. The van der Waals surface area contributed by atoms with E-state index in [1.807, 2.05) is 13.8 Å². The van der Waals surface area contributed by atoms with Crippen LogP contribution in [0.25, 0.3) is 0 Å². The van der Waals surface area contributed by atoms with Crippen molar-refractivity contribution in [3.05, 3.63) is 35.4 Å². The molecule has 0 spiro atoms. The van der Waals surface area contributed by atoms with Crippen LogP contribution in [0.4, 0.5) is 11.4 Å². The van der Waals surface area contributed by atoms with Crippen LogP contribution < -0.4 is 24.3 Å². The number of benzene rings is 2. The average molecular weight is 464 g/mol. The van der Waals surface area contributed by atoms with Gasteiger partial charge in [-0.25, -0.2) is 0 Å². The molecule has 0 aliphatic rings. The van der Waals surface area contributed by atoms with Crippen LogP contribution in [-0.2, 0) is 9.59 Å². The van der Waals surface area contributed by atoms with E-state index in [1.165, 1.54) is 33.3 Å². The summed E-state index contributed by atoms with van der Waals surface area (Å²) in [6.07, 6.45) is 0. The van der Waals surface area contributed by atoms with Gasteiger partial charge in [-0.2, -0.15) is 10.2 Å². The SMILES string of the molecule is CCOc1cc(N=NC(C(C)=O)C(=O)Nc2cc(OC)c(OC)cc2Cl)cc(OCC)c1. The molecule has 172 valence electrons. The predicted octanol–water partition coefficient (Wildman–Crippen LogP) is 4.83. The van der Waals surface area contributed by atoms with E-state index in [1.54, 1.807) is 18.2 Å². The third kappa shape index (κ3) is 6.58. The van der Waals surface area contributed by atoms with Gasteiger partial charge in [0, 0.05) is 30.3 Å². The van der Waals surface area contributed by atoms with Crippen molar-refractivity contribution in [1.29, 1.82) is 0 Å². The quantitative estimate of drug-likeness (QED) is 0.377. The summed E-state index contributed by atoms with van der Waals surface area (Å²) in [7, 11) is 2.92. The number of halogens is 1. The molecule has 10 heteroatoms. The zero-order valence-electron chi connectivity index (χ0n) is 18.6. The zero-order chi connectivity index (χ0) is 23.7. The number of amides is 1. The summed E-state index contributed by atoms with van der Waals surface area (Å²) >= 11 is 6.22. The number of anilines is 1. The fourth-order valence-corrected chi connectivity index (χ4v) is 2.91. The number of hydrogen-bond donors (Lipinski definition) is 1. The van der Waals surface area contributed by atoms with Crippen molar-refractivity contribution in [2.75, 3.05) is 32.8 Å². The molecule has 0 aliphatic heterocycles. The van der Waals surface area contributed by atoms with Crippen molar-refractivity contribution in [2.45, 2.75) is 26.8 Å². The van der Waals surface area contributed by atoms with Gasteiger partial charge in [-0.15, -0.1) is 0 Å². The molecule has 0 saturated heterocycles. The number of nitrogens with one attached hydrogen (secondary N) is 1. The van der Waals surface area contributed by atoms with Gasteiger partial charge in [0.2, 0.25) is 6.04 Å². The number of ketones is 1. The number of Topliss-reactive ketones (excluding diaryl/α,β-unsaturated/α-hetero) is 1. The summed E-state index contributed by atoms with van der Waals surface area (Å²) in [6.45, 7) is 5.86. The van der Waals surface area contributed by atoms with Crippen molar-refractivity contribution in [2.24, 2.45) is 10.2 Å². The Morgan fingerprint density at radius 3 is 2.03 bits per heavy atom. The molecular weight excluding hydrogens is 438 g/mol. The van der Waals surface area contributed by atoms with Gasteiger partial charge in [0.05, 0.1) is 43.8 Å². The fraction of sp³-hybridized carbons (Fsp3) is 0.364. The van der Waals surface area contributed by atoms with E-state index in [-0.39, 0.29) is 10.7 Å². The lowest BCUT2D eigenvalue weighted by Crippen LogP contribution is -2.31. The summed E-state index contributed by atoms with van der Waals surface area (Å²) in [6, 6.07) is 6.60. The van der Waals surface area contributed by atoms with E-state index in [4.69, 9.17) is 30.5 Å². The molecule has 2 rings (SSSR count). The second kappa shape index (κ2) is 11.9.